The van der Waals surface area contributed by atoms with Gasteiger partial charge in [0.05, 0.1) is 6.54 Å². The SMILES string of the molecule is CCN(CC)CC#CCC1CCC(OC(=O)C(O)c2ccccc2)CC1. The summed E-state index contributed by atoms with van der Waals surface area (Å²) in [5.41, 5.74) is 0.578. The Labute approximate surface area is 157 Å². The predicted molar refractivity (Wildman–Crippen MR) is 103 cm³/mol. The third-order valence-electron chi connectivity index (χ3n) is 5.13. The van der Waals surface area contributed by atoms with E-state index < -0.39 is 12.1 Å². The van der Waals surface area contributed by atoms with Crippen molar-refractivity contribution in [2.24, 2.45) is 5.92 Å². The molecular weight excluding hydrogens is 326 g/mol. The van der Waals surface area contributed by atoms with E-state index in [-0.39, 0.29) is 6.10 Å². The molecule has 1 atom stereocenters. The molecule has 4 heteroatoms. The number of nitrogens with zero attached hydrogens (tertiary/aromatic N) is 1. The van der Waals surface area contributed by atoms with E-state index in [2.05, 4.69) is 30.6 Å². The van der Waals surface area contributed by atoms with Crippen LogP contribution in [0, 0.1) is 17.8 Å². The van der Waals surface area contributed by atoms with Gasteiger partial charge in [0.15, 0.2) is 6.10 Å². The second-order valence-corrected chi connectivity index (χ2v) is 6.91. The summed E-state index contributed by atoms with van der Waals surface area (Å²) in [6.45, 7) is 7.23. The van der Waals surface area contributed by atoms with Crippen molar-refractivity contribution in [2.45, 2.75) is 58.2 Å². The van der Waals surface area contributed by atoms with Gasteiger partial charge in [0.2, 0.25) is 0 Å². The standard InChI is InChI=1S/C22H31NO3/c1-3-23(4-2)17-9-8-10-18-13-15-20(16-14-18)26-22(25)21(24)19-11-6-5-7-12-19/h5-7,11-12,18,20-21,24H,3-4,10,13-17H2,1-2H3. The Kier molecular flexibility index (Phi) is 8.67. The molecule has 26 heavy (non-hydrogen) atoms. The lowest BCUT2D eigenvalue weighted by molar-refractivity contribution is -0.161. The summed E-state index contributed by atoms with van der Waals surface area (Å²) in [7, 11) is 0. The lowest BCUT2D eigenvalue weighted by Gasteiger charge is -2.28. The Morgan fingerprint density at radius 1 is 1.15 bits per heavy atom. The number of hydrogen-bond acceptors (Lipinski definition) is 4. The molecule has 1 fully saturated rings. The molecule has 0 bridgehead atoms. The van der Waals surface area contributed by atoms with Crippen LogP contribution in [0.25, 0.3) is 0 Å². The van der Waals surface area contributed by atoms with Gasteiger partial charge in [-0.05, 0) is 50.3 Å². The lowest BCUT2D eigenvalue weighted by Crippen LogP contribution is -2.27. The van der Waals surface area contributed by atoms with E-state index in [1.54, 1.807) is 24.3 Å². The molecule has 1 unspecified atom stereocenters. The van der Waals surface area contributed by atoms with Gasteiger partial charge in [-0.15, -0.1) is 5.92 Å². The summed E-state index contributed by atoms with van der Waals surface area (Å²) >= 11 is 0. The van der Waals surface area contributed by atoms with Gasteiger partial charge >= 0.3 is 5.97 Å². The molecule has 1 aromatic carbocycles. The minimum atomic E-state index is -1.19. The molecule has 0 saturated heterocycles. The van der Waals surface area contributed by atoms with Crippen LogP contribution in [0.3, 0.4) is 0 Å². The van der Waals surface area contributed by atoms with Crippen LogP contribution in [0.1, 0.15) is 57.6 Å². The third-order valence-corrected chi connectivity index (χ3v) is 5.13. The molecule has 0 amide bonds. The highest BCUT2D eigenvalue weighted by molar-refractivity contribution is 5.76. The number of aliphatic hydroxyl groups is 1. The zero-order valence-corrected chi connectivity index (χ0v) is 16.0. The number of esters is 1. The molecule has 2 rings (SSSR count). The van der Waals surface area contributed by atoms with Gasteiger partial charge in [-0.3, -0.25) is 4.90 Å². The number of aliphatic hydroxyl groups excluding tert-OH is 1. The first-order chi connectivity index (χ1) is 12.6. The van der Waals surface area contributed by atoms with E-state index >= 15 is 0 Å². The van der Waals surface area contributed by atoms with Crippen molar-refractivity contribution in [1.29, 1.82) is 0 Å². The molecule has 1 aliphatic carbocycles. The summed E-state index contributed by atoms with van der Waals surface area (Å²) < 4.78 is 5.51. The number of hydrogen-bond donors (Lipinski definition) is 1. The normalized spacial score (nSPS) is 20.9. The minimum absolute atomic E-state index is 0.0826. The molecule has 1 aliphatic rings. The van der Waals surface area contributed by atoms with E-state index in [9.17, 15) is 9.90 Å². The summed E-state index contributed by atoms with van der Waals surface area (Å²) in [5.74, 6) is 6.63. The Morgan fingerprint density at radius 3 is 2.42 bits per heavy atom. The average Bonchev–Trinajstić information content (AvgIpc) is 2.69. The predicted octanol–water partition coefficient (Wildman–Crippen LogP) is 3.56. The zero-order valence-electron chi connectivity index (χ0n) is 16.0. The van der Waals surface area contributed by atoms with Gasteiger partial charge in [0.1, 0.15) is 6.10 Å². The lowest BCUT2D eigenvalue weighted by atomic mass is 9.85. The van der Waals surface area contributed by atoms with Gasteiger partial charge in [0, 0.05) is 6.42 Å². The topological polar surface area (TPSA) is 49.8 Å². The van der Waals surface area contributed by atoms with Crippen LogP contribution in [0.4, 0.5) is 0 Å². The average molecular weight is 357 g/mol. The maximum absolute atomic E-state index is 12.1. The minimum Gasteiger partial charge on any atom is -0.460 e. The Morgan fingerprint density at radius 2 is 1.81 bits per heavy atom. The van der Waals surface area contributed by atoms with Crippen LogP contribution in [0.2, 0.25) is 0 Å². The molecule has 0 heterocycles. The third kappa shape index (κ3) is 6.48. The van der Waals surface area contributed by atoms with Crippen molar-refractivity contribution in [3.05, 3.63) is 35.9 Å². The molecule has 1 saturated carbocycles. The largest absolute Gasteiger partial charge is 0.460 e. The van der Waals surface area contributed by atoms with Gasteiger partial charge < -0.3 is 9.84 Å². The first kappa shape index (κ1) is 20.5. The van der Waals surface area contributed by atoms with Crippen LogP contribution < -0.4 is 0 Å². The highest BCUT2D eigenvalue weighted by Crippen LogP contribution is 2.29. The van der Waals surface area contributed by atoms with Crippen molar-refractivity contribution < 1.29 is 14.6 Å². The van der Waals surface area contributed by atoms with Gasteiger partial charge in [-0.25, -0.2) is 4.79 Å². The monoisotopic (exact) mass is 357 g/mol. The fraction of sp³-hybridized carbons (Fsp3) is 0.591. The molecule has 0 radical (unpaired) electrons. The van der Waals surface area contributed by atoms with E-state index in [0.29, 0.717) is 11.5 Å². The van der Waals surface area contributed by atoms with Crippen LogP contribution in [0.5, 0.6) is 0 Å². The highest BCUT2D eigenvalue weighted by Gasteiger charge is 2.26. The summed E-state index contributed by atoms with van der Waals surface area (Å²) in [5, 5.41) is 10.1. The van der Waals surface area contributed by atoms with Crippen LogP contribution in [0.15, 0.2) is 30.3 Å². The second kappa shape index (κ2) is 11.0. The van der Waals surface area contributed by atoms with E-state index in [0.717, 1.165) is 51.7 Å². The Balaban J connectivity index is 1.70. The molecule has 4 nitrogen and oxygen atoms in total. The summed E-state index contributed by atoms with van der Waals surface area (Å²) in [6.07, 6.45) is 3.42. The number of carbonyl (C=O) groups is 1. The number of rotatable bonds is 7. The van der Waals surface area contributed by atoms with E-state index in [1.807, 2.05) is 6.07 Å². The molecule has 0 aliphatic heterocycles. The first-order valence-electron chi connectivity index (χ1n) is 9.75. The number of ether oxygens (including phenoxy) is 1. The van der Waals surface area contributed by atoms with Crippen molar-refractivity contribution in [3.63, 3.8) is 0 Å². The maximum Gasteiger partial charge on any atom is 0.339 e. The number of carbonyl (C=O) groups excluding carboxylic acids is 1. The summed E-state index contributed by atoms with van der Waals surface area (Å²) in [6, 6.07) is 8.93. The van der Waals surface area contributed by atoms with E-state index in [1.165, 1.54) is 0 Å². The fourth-order valence-corrected chi connectivity index (χ4v) is 3.29. The Hall–Kier alpha value is -1.83. The van der Waals surface area contributed by atoms with Crippen LogP contribution in [-0.2, 0) is 9.53 Å². The molecule has 0 spiro atoms. The maximum atomic E-state index is 12.1. The van der Waals surface area contributed by atoms with Gasteiger partial charge in [0.25, 0.3) is 0 Å². The zero-order chi connectivity index (χ0) is 18.8. The fourth-order valence-electron chi connectivity index (χ4n) is 3.29. The summed E-state index contributed by atoms with van der Waals surface area (Å²) in [4.78, 5) is 14.4. The quantitative estimate of drug-likeness (QED) is 0.599. The Bertz CT molecular complexity index is 593. The first-order valence-corrected chi connectivity index (χ1v) is 9.75. The highest BCUT2D eigenvalue weighted by atomic mass is 16.6. The molecule has 0 aromatic heterocycles. The van der Waals surface area contributed by atoms with Crippen molar-refractivity contribution in [1.82, 2.24) is 4.90 Å². The molecule has 142 valence electrons. The van der Waals surface area contributed by atoms with Crippen LogP contribution in [-0.4, -0.2) is 41.7 Å². The van der Waals surface area contributed by atoms with E-state index in [4.69, 9.17) is 4.74 Å². The smallest absolute Gasteiger partial charge is 0.339 e. The second-order valence-electron chi connectivity index (χ2n) is 6.91. The van der Waals surface area contributed by atoms with Crippen LogP contribution >= 0.6 is 0 Å². The number of benzene rings is 1. The van der Waals surface area contributed by atoms with Gasteiger partial charge in [-0.2, -0.15) is 0 Å². The molecule has 1 aromatic rings. The van der Waals surface area contributed by atoms with Crippen molar-refractivity contribution >= 4 is 5.97 Å². The van der Waals surface area contributed by atoms with Crippen molar-refractivity contribution in [3.8, 4) is 11.8 Å². The van der Waals surface area contributed by atoms with Gasteiger partial charge in [-0.1, -0.05) is 50.1 Å². The molecular formula is C22H31NO3. The van der Waals surface area contributed by atoms with Crippen molar-refractivity contribution in [2.75, 3.05) is 19.6 Å². The molecule has 1 N–H and O–H groups in total.